The molecular formula is C38H62N2O6. The summed E-state index contributed by atoms with van der Waals surface area (Å²) < 4.78 is 25.9. The van der Waals surface area contributed by atoms with Crippen molar-refractivity contribution in [1.82, 2.24) is 10.2 Å². The Morgan fingerprint density at radius 1 is 1.02 bits per heavy atom. The number of fused-ring (bicyclic) bond motifs is 4. The molecule has 2 spiro atoms. The molecule has 0 aromatic rings. The SMILES string of the molecule is CC(C)[C@@H](OC(=O)N1CCC1)C1C[C@@H](C)[C@H]2C(O1)[C@H](O)[C@@]1(C)C3CC[C@H]4C(C)(C)C(O[C@H]5CNCCO5)CCC45C[C@@]35CCC21C. The van der Waals surface area contributed by atoms with E-state index in [9.17, 15) is 9.90 Å². The Kier molecular flexibility index (Phi) is 7.57. The summed E-state index contributed by atoms with van der Waals surface area (Å²) in [6.07, 6.45) is 9.16. The van der Waals surface area contributed by atoms with Crippen LogP contribution in [-0.2, 0) is 18.9 Å². The van der Waals surface area contributed by atoms with E-state index in [1.54, 1.807) is 4.90 Å². The van der Waals surface area contributed by atoms with Crippen LogP contribution in [0.25, 0.3) is 0 Å². The summed E-state index contributed by atoms with van der Waals surface area (Å²) in [5, 5.41) is 16.1. The third-order valence-electron chi connectivity index (χ3n) is 16.3. The van der Waals surface area contributed by atoms with E-state index in [-0.39, 0.29) is 59.0 Å². The maximum Gasteiger partial charge on any atom is 0.410 e. The first-order valence-electron chi connectivity index (χ1n) is 19.1. The Morgan fingerprint density at radius 3 is 2.43 bits per heavy atom. The summed E-state index contributed by atoms with van der Waals surface area (Å²) in [7, 11) is 0. The fourth-order valence-electron chi connectivity index (χ4n) is 13.9. The summed E-state index contributed by atoms with van der Waals surface area (Å²) >= 11 is 0. The van der Waals surface area contributed by atoms with E-state index in [1.165, 1.54) is 38.5 Å². The van der Waals surface area contributed by atoms with Crippen molar-refractivity contribution in [3.8, 4) is 0 Å². The number of ether oxygens (including phenoxy) is 4. The van der Waals surface area contributed by atoms with Crippen LogP contribution in [0.15, 0.2) is 0 Å². The summed E-state index contributed by atoms with van der Waals surface area (Å²) in [5.41, 5.74) is 0.614. The Bertz CT molecular complexity index is 1200. The molecule has 5 aliphatic carbocycles. The van der Waals surface area contributed by atoms with Gasteiger partial charge in [0, 0.05) is 31.6 Å². The lowest BCUT2D eigenvalue weighted by Crippen LogP contribution is -2.60. The highest BCUT2D eigenvalue weighted by atomic mass is 16.7. The lowest BCUT2D eigenvalue weighted by Gasteiger charge is -2.63. The van der Waals surface area contributed by atoms with Gasteiger partial charge in [0.15, 0.2) is 6.29 Å². The lowest BCUT2D eigenvalue weighted by atomic mass is 9.41. The molecule has 0 aromatic heterocycles. The van der Waals surface area contributed by atoms with Crippen molar-refractivity contribution in [2.45, 2.75) is 143 Å². The van der Waals surface area contributed by atoms with Gasteiger partial charge in [-0.3, -0.25) is 0 Å². The normalized spacial score (nSPS) is 52.7. The first-order chi connectivity index (χ1) is 21.8. The van der Waals surface area contributed by atoms with Crippen LogP contribution in [0.1, 0.15) is 106 Å². The van der Waals surface area contributed by atoms with Crippen LogP contribution in [-0.4, -0.2) is 85.7 Å². The van der Waals surface area contributed by atoms with E-state index >= 15 is 0 Å². The quantitative estimate of drug-likeness (QED) is 0.381. The molecule has 260 valence electrons. The van der Waals surface area contributed by atoms with Crippen LogP contribution in [0.3, 0.4) is 0 Å². The molecule has 8 rings (SSSR count). The van der Waals surface area contributed by atoms with Crippen LogP contribution >= 0.6 is 0 Å². The summed E-state index contributed by atoms with van der Waals surface area (Å²) in [4.78, 5) is 14.7. The van der Waals surface area contributed by atoms with Gasteiger partial charge in [-0.25, -0.2) is 4.79 Å². The maximum atomic E-state index is 12.9. The highest BCUT2D eigenvalue weighted by molar-refractivity contribution is 5.68. The molecule has 46 heavy (non-hydrogen) atoms. The molecule has 0 aromatic carbocycles. The molecule has 8 aliphatic rings. The van der Waals surface area contributed by atoms with E-state index in [0.29, 0.717) is 34.5 Å². The zero-order valence-electron chi connectivity index (χ0n) is 29.7. The van der Waals surface area contributed by atoms with Gasteiger partial charge in [-0.15, -0.1) is 0 Å². The van der Waals surface area contributed by atoms with E-state index in [4.69, 9.17) is 18.9 Å². The molecule has 1 amide bonds. The largest absolute Gasteiger partial charge is 0.443 e. The molecule has 6 unspecified atom stereocenters. The first-order valence-corrected chi connectivity index (χ1v) is 19.1. The second kappa shape index (κ2) is 10.8. The molecule has 0 bridgehead atoms. The second-order valence-electron chi connectivity index (χ2n) is 18.6. The van der Waals surface area contributed by atoms with Crippen LogP contribution < -0.4 is 5.32 Å². The highest BCUT2D eigenvalue weighted by Crippen LogP contribution is 2.89. The van der Waals surface area contributed by atoms with Crippen molar-refractivity contribution >= 4 is 6.09 Å². The molecule has 0 radical (unpaired) electrons. The van der Waals surface area contributed by atoms with Crippen LogP contribution in [0, 0.1) is 56.7 Å². The number of hydrogen-bond acceptors (Lipinski definition) is 7. The number of likely N-dealkylation sites (tertiary alicyclic amines) is 1. The zero-order valence-corrected chi connectivity index (χ0v) is 29.7. The Morgan fingerprint density at radius 2 is 1.76 bits per heavy atom. The van der Waals surface area contributed by atoms with Gasteiger partial charge in [0.25, 0.3) is 0 Å². The minimum Gasteiger partial charge on any atom is -0.443 e. The van der Waals surface area contributed by atoms with E-state index in [1.807, 2.05) is 0 Å². The minimum atomic E-state index is -0.508. The monoisotopic (exact) mass is 642 g/mol. The molecule has 2 N–H and O–H groups in total. The molecule has 14 atom stereocenters. The third-order valence-corrected chi connectivity index (χ3v) is 16.3. The topological polar surface area (TPSA) is 89.5 Å². The number of aliphatic hydroxyl groups excluding tert-OH is 1. The molecule has 8 nitrogen and oxygen atoms in total. The van der Waals surface area contributed by atoms with E-state index in [2.05, 4.69) is 53.8 Å². The predicted octanol–water partition coefficient (Wildman–Crippen LogP) is 6.00. The van der Waals surface area contributed by atoms with Gasteiger partial charge in [0.1, 0.15) is 6.10 Å². The number of hydrogen-bond donors (Lipinski definition) is 2. The van der Waals surface area contributed by atoms with Crippen molar-refractivity contribution in [1.29, 1.82) is 0 Å². The van der Waals surface area contributed by atoms with Crippen LogP contribution in [0.4, 0.5) is 4.79 Å². The van der Waals surface area contributed by atoms with Crippen molar-refractivity contribution in [3.05, 3.63) is 0 Å². The summed E-state index contributed by atoms with van der Waals surface area (Å²) in [6, 6.07) is 0. The number of amides is 1. The number of nitrogens with zero attached hydrogens (tertiary/aromatic N) is 1. The summed E-state index contributed by atoms with van der Waals surface area (Å²) in [5.74, 6) is 2.02. The number of carbonyl (C=O) groups excluding carboxylic acids is 1. The second-order valence-corrected chi connectivity index (χ2v) is 18.6. The number of morpholine rings is 1. The average Bonchev–Trinajstić information content (AvgIpc) is 3.61. The van der Waals surface area contributed by atoms with Gasteiger partial charge >= 0.3 is 6.09 Å². The van der Waals surface area contributed by atoms with Crippen molar-refractivity contribution in [3.63, 3.8) is 0 Å². The fourth-order valence-corrected chi connectivity index (χ4v) is 13.9. The summed E-state index contributed by atoms with van der Waals surface area (Å²) in [6.45, 7) is 20.6. The molecule has 3 saturated heterocycles. The lowest BCUT2D eigenvalue weighted by molar-refractivity contribution is -0.237. The van der Waals surface area contributed by atoms with Gasteiger partial charge in [-0.2, -0.15) is 0 Å². The third kappa shape index (κ3) is 4.18. The van der Waals surface area contributed by atoms with Gasteiger partial charge in [0.05, 0.1) is 31.0 Å². The predicted molar refractivity (Wildman–Crippen MR) is 175 cm³/mol. The van der Waals surface area contributed by atoms with Gasteiger partial charge in [-0.1, -0.05) is 48.5 Å². The Hall–Kier alpha value is -0.930. The van der Waals surface area contributed by atoms with Crippen LogP contribution in [0.5, 0.6) is 0 Å². The highest BCUT2D eigenvalue weighted by Gasteiger charge is 2.84. The first kappa shape index (κ1) is 32.3. The Labute approximate surface area is 277 Å². The smallest absolute Gasteiger partial charge is 0.410 e. The molecule has 8 heteroatoms. The number of carbonyl (C=O) groups is 1. The minimum absolute atomic E-state index is 0.0246. The standard InChI is InChI=1S/C38H62N2O6/c1-22(2)30(46-33(42)40-16-8-17-40)24-19-23(3)29-31(44-24)32(41)36(7)26-10-9-25-34(4,5)27(45-28-20-39-15-18-43-28)11-12-37(25)21-38(26,37)14-13-35(29,36)6/h22-32,39,41H,8-21H2,1-7H3/t23-,24?,25+,26?,27?,28+,29+,30-,31?,32+,35?,36-,37?,38+/m1/s1. The van der Waals surface area contributed by atoms with Gasteiger partial charge in [0.2, 0.25) is 0 Å². The molecule has 5 saturated carbocycles. The molecular weight excluding hydrogens is 580 g/mol. The van der Waals surface area contributed by atoms with E-state index in [0.717, 1.165) is 52.0 Å². The van der Waals surface area contributed by atoms with E-state index < -0.39 is 6.10 Å². The number of rotatable bonds is 5. The molecule has 3 aliphatic heterocycles. The van der Waals surface area contributed by atoms with Crippen molar-refractivity contribution in [2.24, 2.45) is 56.7 Å². The van der Waals surface area contributed by atoms with Crippen molar-refractivity contribution < 1.29 is 28.8 Å². The fraction of sp³-hybridized carbons (Fsp3) is 0.974. The number of nitrogens with one attached hydrogen (secondary N) is 1. The van der Waals surface area contributed by atoms with Gasteiger partial charge in [-0.05, 0) is 109 Å². The molecule has 3 heterocycles. The average molecular weight is 643 g/mol. The zero-order chi connectivity index (χ0) is 32.4. The van der Waals surface area contributed by atoms with Crippen molar-refractivity contribution in [2.75, 3.05) is 32.8 Å². The van der Waals surface area contributed by atoms with Gasteiger partial charge < -0.3 is 34.3 Å². The maximum absolute atomic E-state index is 12.9. The Balaban J connectivity index is 1.04. The number of aliphatic hydroxyl groups is 1. The molecule has 8 fully saturated rings. The van der Waals surface area contributed by atoms with Crippen LogP contribution in [0.2, 0.25) is 0 Å².